The molecule has 2 aliphatic rings. The number of halogens is 4. The molecule has 5 nitrogen and oxygen atoms in total. The fourth-order valence-corrected chi connectivity index (χ4v) is 7.57. The Morgan fingerprint density at radius 2 is 2.12 bits per heavy atom. The van der Waals surface area contributed by atoms with Gasteiger partial charge in [0.05, 0.1) is 43.7 Å². The molecule has 0 bridgehead atoms. The van der Waals surface area contributed by atoms with Gasteiger partial charge in [-0.25, -0.2) is 15.1 Å². The monoisotopic (exact) mass is 610 g/mol. The van der Waals surface area contributed by atoms with E-state index in [4.69, 9.17) is 11.6 Å². The maximum absolute atomic E-state index is 14.9. The fourth-order valence-electron chi connectivity index (χ4n) is 2.88. The molecule has 128 valence electrons. The summed E-state index contributed by atoms with van der Waals surface area (Å²) in [5, 5.41) is 1.02. The lowest BCUT2D eigenvalue weighted by Gasteiger charge is -2.38. The van der Waals surface area contributed by atoms with Gasteiger partial charge < -0.3 is 4.90 Å². The van der Waals surface area contributed by atoms with Crippen molar-refractivity contribution in [3.63, 3.8) is 0 Å². The third kappa shape index (κ3) is 2.66. The SMILES string of the molecule is Cc1c(F)c2c3c(nc(=O)n(I)c3c1Cl)N1CCN(I)CC1SS2. The molecule has 1 saturated heterocycles. The number of nitrogens with zero attached hydrogens (tertiary/aromatic N) is 4. The van der Waals surface area contributed by atoms with Gasteiger partial charge in [0, 0.05) is 48.1 Å². The summed E-state index contributed by atoms with van der Waals surface area (Å²) >= 11 is 10.6. The predicted molar refractivity (Wildman–Crippen MR) is 115 cm³/mol. The molecule has 0 radical (unpaired) electrons. The first-order valence-corrected chi connectivity index (χ1v) is 11.5. The van der Waals surface area contributed by atoms with Crippen molar-refractivity contribution in [1.29, 1.82) is 0 Å². The first kappa shape index (κ1) is 17.9. The van der Waals surface area contributed by atoms with Crippen LogP contribution in [0.15, 0.2) is 9.69 Å². The van der Waals surface area contributed by atoms with Crippen molar-refractivity contribution in [2.24, 2.45) is 0 Å². The summed E-state index contributed by atoms with van der Waals surface area (Å²) < 4.78 is 18.5. The molecule has 1 unspecified atom stereocenters. The molecule has 0 aliphatic carbocycles. The summed E-state index contributed by atoms with van der Waals surface area (Å²) in [7, 11) is 3.01. The van der Waals surface area contributed by atoms with E-state index >= 15 is 0 Å². The highest BCUT2D eigenvalue weighted by Crippen LogP contribution is 2.50. The summed E-state index contributed by atoms with van der Waals surface area (Å²) in [6, 6.07) is 0. The van der Waals surface area contributed by atoms with E-state index in [0.29, 0.717) is 27.2 Å². The van der Waals surface area contributed by atoms with Gasteiger partial charge in [-0.05, 0) is 6.92 Å². The zero-order valence-electron chi connectivity index (χ0n) is 12.2. The summed E-state index contributed by atoms with van der Waals surface area (Å²) in [5.41, 5.74) is 0.529. The maximum atomic E-state index is 14.9. The van der Waals surface area contributed by atoms with E-state index in [1.165, 1.54) is 13.6 Å². The van der Waals surface area contributed by atoms with Gasteiger partial charge in [0.15, 0.2) is 0 Å². The summed E-state index contributed by atoms with van der Waals surface area (Å²) in [4.78, 5) is 19.3. The van der Waals surface area contributed by atoms with Crippen molar-refractivity contribution >= 4 is 95.6 Å². The van der Waals surface area contributed by atoms with Gasteiger partial charge in [-0.3, -0.25) is 0 Å². The molecule has 2 aromatic rings. The number of anilines is 1. The molecule has 11 heteroatoms. The number of rotatable bonds is 0. The Hall–Kier alpha value is 0.500. The smallest absolute Gasteiger partial charge is 0.340 e. The van der Waals surface area contributed by atoms with Gasteiger partial charge in [-0.1, -0.05) is 33.2 Å². The van der Waals surface area contributed by atoms with Crippen LogP contribution in [0.3, 0.4) is 0 Å². The number of fused-ring (bicyclic) bond motifs is 2. The number of hydrogen-bond donors (Lipinski definition) is 0. The Labute approximate surface area is 178 Å². The third-order valence-corrected chi connectivity index (χ3v) is 9.08. The van der Waals surface area contributed by atoms with E-state index in [9.17, 15) is 9.18 Å². The second kappa shape index (κ2) is 6.59. The lowest BCUT2D eigenvalue weighted by atomic mass is 10.1. The molecule has 0 N–H and O–H groups in total. The van der Waals surface area contributed by atoms with Crippen LogP contribution in [-0.4, -0.2) is 35.9 Å². The van der Waals surface area contributed by atoms with Crippen LogP contribution in [0.4, 0.5) is 10.2 Å². The van der Waals surface area contributed by atoms with Gasteiger partial charge in [0.1, 0.15) is 17.0 Å². The van der Waals surface area contributed by atoms with Crippen LogP contribution in [-0.2, 0) is 0 Å². The molecule has 1 aromatic carbocycles. The van der Waals surface area contributed by atoms with E-state index in [-0.39, 0.29) is 21.9 Å². The van der Waals surface area contributed by atoms with Crippen LogP contribution in [0.1, 0.15) is 5.56 Å². The Morgan fingerprint density at radius 3 is 2.88 bits per heavy atom. The number of benzene rings is 1. The fraction of sp³-hybridized carbons (Fsp3) is 0.385. The van der Waals surface area contributed by atoms with Crippen molar-refractivity contribution in [3.05, 3.63) is 26.9 Å². The maximum Gasteiger partial charge on any atom is 0.359 e. The van der Waals surface area contributed by atoms with E-state index in [1.807, 2.05) is 22.9 Å². The van der Waals surface area contributed by atoms with Crippen LogP contribution in [0, 0.1) is 12.7 Å². The molecule has 0 spiro atoms. The first-order chi connectivity index (χ1) is 11.4. The standard InChI is InChI=1S/C13H10ClFI2N4OS2/c1-5-8(14)10-7-11(9(5)15)24-23-6-4-19(16)2-3-20(6)12(7)18-13(22)21(10)17/h6H,2-4H2,1H3. The second-order valence-corrected chi connectivity index (χ2v) is 10.6. The summed E-state index contributed by atoms with van der Waals surface area (Å²) in [5.74, 6) is 0.222. The van der Waals surface area contributed by atoms with Crippen LogP contribution < -0.4 is 10.6 Å². The Balaban J connectivity index is 2.11. The van der Waals surface area contributed by atoms with Crippen molar-refractivity contribution < 1.29 is 4.39 Å². The molecule has 0 amide bonds. The van der Waals surface area contributed by atoms with Gasteiger partial charge in [-0.2, -0.15) is 4.98 Å². The summed E-state index contributed by atoms with van der Waals surface area (Å²) in [6.45, 7) is 4.05. The van der Waals surface area contributed by atoms with E-state index < -0.39 is 0 Å². The van der Waals surface area contributed by atoms with Crippen molar-refractivity contribution in [3.8, 4) is 0 Å². The molecule has 0 saturated carbocycles. The van der Waals surface area contributed by atoms with Gasteiger partial charge in [0.2, 0.25) is 0 Å². The first-order valence-electron chi connectivity index (χ1n) is 7.01. The van der Waals surface area contributed by atoms with Crippen molar-refractivity contribution in [1.82, 2.24) is 10.9 Å². The van der Waals surface area contributed by atoms with Gasteiger partial charge in [-0.15, -0.1) is 0 Å². The largest absolute Gasteiger partial charge is 0.359 e. The zero-order chi connectivity index (χ0) is 17.2. The molecule has 1 aromatic heterocycles. The molecule has 24 heavy (non-hydrogen) atoms. The summed E-state index contributed by atoms with van der Waals surface area (Å²) in [6.07, 6.45) is 0. The topological polar surface area (TPSA) is 41.4 Å². The lowest BCUT2D eigenvalue weighted by molar-refractivity contribution is 0.442. The molecule has 1 fully saturated rings. The molecule has 3 heterocycles. The average molecular weight is 611 g/mol. The van der Waals surface area contributed by atoms with Crippen LogP contribution >= 0.6 is 78.9 Å². The third-order valence-electron chi connectivity index (χ3n) is 4.12. The quantitative estimate of drug-likeness (QED) is 0.253. The van der Waals surface area contributed by atoms with Crippen LogP contribution in [0.2, 0.25) is 5.02 Å². The molecule has 4 rings (SSSR count). The molecular weight excluding hydrogens is 601 g/mol. The minimum Gasteiger partial charge on any atom is -0.340 e. The van der Waals surface area contributed by atoms with Gasteiger partial charge in [0.25, 0.3) is 0 Å². The molecule has 1 atom stereocenters. The number of hydrogen-bond acceptors (Lipinski definition) is 6. The lowest BCUT2D eigenvalue weighted by Crippen LogP contribution is -2.49. The molecule has 2 aliphatic heterocycles. The van der Waals surface area contributed by atoms with E-state index in [1.54, 1.807) is 17.7 Å². The van der Waals surface area contributed by atoms with Gasteiger partial charge >= 0.3 is 5.69 Å². The van der Waals surface area contributed by atoms with Crippen LogP contribution in [0.5, 0.6) is 0 Å². The highest BCUT2D eigenvalue weighted by Gasteiger charge is 2.35. The normalized spacial score (nSPS) is 21.0. The Kier molecular flexibility index (Phi) is 4.91. The van der Waals surface area contributed by atoms with Crippen molar-refractivity contribution in [2.75, 3.05) is 24.5 Å². The minimum absolute atomic E-state index is 0.103. The van der Waals surface area contributed by atoms with E-state index in [2.05, 4.69) is 35.9 Å². The highest BCUT2D eigenvalue weighted by atomic mass is 127. The average Bonchev–Trinajstić information content (AvgIpc) is 2.70. The van der Waals surface area contributed by atoms with E-state index in [0.717, 1.165) is 19.6 Å². The Bertz CT molecular complexity index is 927. The number of aromatic nitrogens is 2. The van der Waals surface area contributed by atoms with Crippen molar-refractivity contribution in [2.45, 2.75) is 17.2 Å². The minimum atomic E-state index is -0.385. The second-order valence-electron chi connectivity index (χ2n) is 5.50. The zero-order valence-corrected chi connectivity index (χ0v) is 18.9. The predicted octanol–water partition coefficient (Wildman–Crippen LogP) is 4.25. The van der Waals surface area contributed by atoms with Crippen LogP contribution in [0.25, 0.3) is 10.9 Å². The number of piperazine rings is 1. The molecular formula is C13H10ClFI2N4OS2. The Morgan fingerprint density at radius 1 is 1.38 bits per heavy atom. The highest BCUT2D eigenvalue weighted by molar-refractivity contribution is 14.1.